The lowest BCUT2D eigenvalue weighted by atomic mass is 10.2. The highest BCUT2D eigenvalue weighted by atomic mass is 32.2. The molecule has 1 aromatic rings. The summed E-state index contributed by atoms with van der Waals surface area (Å²) in [7, 11) is -3.83. The Morgan fingerprint density at radius 1 is 1.35 bits per heavy atom. The van der Waals surface area contributed by atoms with Crippen LogP contribution in [-0.4, -0.2) is 33.2 Å². The van der Waals surface area contributed by atoms with Gasteiger partial charge in [0.15, 0.2) is 0 Å². The number of hydrogen-bond acceptors (Lipinski definition) is 6. The van der Waals surface area contributed by atoms with Crippen molar-refractivity contribution < 1.29 is 17.9 Å². The van der Waals surface area contributed by atoms with Crippen LogP contribution in [0.3, 0.4) is 0 Å². The number of carbonyl (C=O) groups is 1. The molecule has 9 heteroatoms. The molecule has 8 nitrogen and oxygen atoms in total. The highest BCUT2D eigenvalue weighted by Gasteiger charge is 2.18. The van der Waals surface area contributed by atoms with Gasteiger partial charge >= 0.3 is 6.09 Å². The summed E-state index contributed by atoms with van der Waals surface area (Å²) in [5.74, 6) is 0. The summed E-state index contributed by atoms with van der Waals surface area (Å²) < 4.78 is 31.5. The maximum absolute atomic E-state index is 12.1. The Morgan fingerprint density at radius 2 is 2.00 bits per heavy atom. The number of sulfonamides is 1. The van der Waals surface area contributed by atoms with Gasteiger partial charge < -0.3 is 15.8 Å². The summed E-state index contributed by atoms with van der Waals surface area (Å²) in [5.41, 5.74) is 5.27. The number of nitrogens with two attached hydrogens (primary N) is 1. The van der Waals surface area contributed by atoms with E-state index in [1.54, 1.807) is 20.8 Å². The number of benzene rings is 1. The van der Waals surface area contributed by atoms with E-state index in [9.17, 15) is 13.2 Å². The molecule has 126 valence electrons. The van der Waals surface area contributed by atoms with E-state index in [1.165, 1.54) is 18.2 Å². The first-order valence-corrected chi connectivity index (χ1v) is 8.29. The molecule has 23 heavy (non-hydrogen) atoms. The smallest absolute Gasteiger partial charge is 0.407 e. The van der Waals surface area contributed by atoms with Crippen LogP contribution in [0.2, 0.25) is 0 Å². The van der Waals surface area contributed by atoms with Gasteiger partial charge in [0.2, 0.25) is 10.0 Å². The van der Waals surface area contributed by atoms with E-state index < -0.39 is 21.7 Å². The van der Waals surface area contributed by atoms with Gasteiger partial charge in [-0.15, -0.1) is 0 Å². The summed E-state index contributed by atoms with van der Waals surface area (Å²) in [4.78, 5) is 11.3. The molecule has 0 saturated heterocycles. The van der Waals surface area contributed by atoms with Crippen LogP contribution in [0.15, 0.2) is 23.1 Å². The Balaban J connectivity index is 2.57. The number of anilines is 1. The maximum Gasteiger partial charge on any atom is 0.407 e. The number of carbonyl (C=O) groups excluding carboxylic acids is 1. The predicted molar refractivity (Wildman–Crippen MR) is 85.0 cm³/mol. The van der Waals surface area contributed by atoms with Gasteiger partial charge in [0.05, 0.1) is 17.3 Å². The summed E-state index contributed by atoms with van der Waals surface area (Å²) in [6, 6.07) is 5.78. The monoisotopic (exact) mass is 340 g/mol. The molecule has 0 aliphatic carbocycles. The lowest BCUT2D eigenvalue weighted by molar-refractivity contribution is 0.0529. The number of nitriles is 1. The molecule has 0 radical (unpaired) electrons. The molecule has 4 N–H and O–H groups in total. The zero-order valence-corrected chi connectivity index (χ0v) is 14.0. The normalized spacial score (nSPS) is 11.6. The van der Waals surface area contributed by atoms with Gasteiger partial charge in [-0.2, -0.15) is 5.26 Å². The number of amides is 1. The zero-order valence-electron chi connectivity index (χ0n) is 13.2. The number of nitrogens with zero attached hydrogens (tertiary/aromatic N) is 1. The fraction of sp³-hybridized carbons (Fsp3) is 0.429. The Labute approximate surface area is 135 Å². The number of alkyl carbamates (subject to hydrolysis) is 1. The zero-order chi connectivity index (χ0) is 17.7. The van der Waals surface area contributed by atoms with Crippen molar-refractivity contribution in [2.45, 2.75) is 31.3 Å². The highest BCUT2D eigenvalue weighted by molar-refractivity contribution is 7.89. The van der Waals surface area contributed by atoms with Crippen LogP contribution in [-0.2, 0) is 14.8 Å². The van der Waals surface area contributed by atoms with E-state index >= 15 is 0 Å². The second kappa shape index (κ2) is 7.30. The van der Waals surface area contributed by atoms with Crippen molar-refractivity contribution in [3.63, 3.8) is 0 Å². The minimum absolute atomic E-state index is 0.0170. The third kappa shape index (κ3) is 6.14. The average Bonchev–Trinajstić information content (AvgIpc) is 2.41. The van der Waals surface area contributed by atoms with Gasteiger partial charge in [-0.3, -0.25) is 0 Å². The van der Waals surface area contributed by atoms with Crippen LogP contribution in [0.4, 0.5) is 10.5 Å². The van der Waals surface area contributed by atoms with Crippen LogP contribution in [0, 0.1) is 11.3 Å². The minimum atomic E-state index is -3.83. The standard InChI is InChI=1S/C14H20N4O4S/c1-14(2,3)22-13(19)17-6-7-18-23(20,21)12-5-4-10(9-15)8-11(12)16/h4-5,8,18H,6-7,16H2,1-3H3,(H,17,19). The summed E-state index contributed by atoms with van der Waals surface area (Å²) >= 11 is 0. The predicted octanol–water partition coefficient (Wildman–Crippen LogP) is 0.943. The molecule has 0 aliphatic rings. The van der Waals surface area contributed by atoms with E-state index in [2.05, 4.69) is 10.0 Å². The Bertz CT molecular complexity index is 717. The molecule has 1 rings (SSSR count). The van der Waals surface area contributed by atoms with Crippen molar-refractivity contribution in [3.8, 4) is 6.07 Å². The summed E-state index contributed by atoms with van der Waals surface area (Å²) in [6.07, 6.45) is -0.630. The van der Waals surface area contributed by atoms with Gasteiger partial charge in [0.25, 0.3) is 0 Å². The third-order valence-corrected chi connectivity index (χ3v) is 4.05. The molecule has 0 aliphatic heterocycles. The van der Waals surface area contributed by atoms with Crippen LogP contribution in [0.25, 0.3) is 0 Å². The highest BCUT2D eigenvalue weighted by Crippen LogP contribution is 2.19. The third-order valence-electron chi connectivity index (χ3n) is 2.51. The van der Waals surface area contributed by atoms with Crippen molar-refractivity contribution in [2.24, 2.45) is 0 Å². The molecule has 1 amide bonds. The van der Waals surface area contributed by atoms with Crippen LogP contribution < -0.4 is 15.8 Å². The first-order valence-electron chi connectivity index (χ1n) is 6.81. The summed E-state index contributed by atoms with van der Waals surface area (Å²) in [6.45, 7) is 5.21. The van der Waals surface area contributed by atoms with Crippen molar-refractivity contribution in [2.75, 3.05) is 18.8 Å². The Hall–Kier alpha value is -2.31. The van der Waals surface area contributed by atoms with Crippen LogP contribution >= 0.6 is 0 Å². The summed E-state index contributed by atoms with van der Waals surface area (Å²) in [5, 5.41) is 11.2. The van der Waals surface area contributed by atoms with Crippen LogP contribution in [0.5, 0.6) is 0 Å². The SMILES string of the molecule is CC(C)(C)OC(=O)NCCNS(=O)(=O)c1ccc(C#N)cc1N. The van der Waals surface area contributed by atoms with E-state index in [0.717, 1.165) is 0 Å². The van der Waals surface area contributed by atoms with Crippen molar-refractivity contribution in [1.82, 2.24) is 10.0 Å². The van der Waals surface area contributed by atoms with E-state index in [1.807, 2.05) is 6.07 Å². The van der Waals surface area contributed by atoms with Crippen molar-refractivity contribution in [3.05, 3.63) is 23.8 Å². The number of hydrogen-bond donors (Lipinski definition) is 3. The lowest BCUT2D eigenvalue weighted by Crippen LogP contribution is -2.38. The maximum atomic E-state index is 12.1. The van der Waals surface area contributed by atoms with Crippen LogP contribution in [0.1, 0.15) is 26.3 Å². The fourth-order valence-electron chi connectivity index (χ4n) is 1.60. The quantitative estimate of drug-likeness (QED) is 0.539. The lowest BCUT2D eigenvalue weighted by Gasteiger charge is -2.19. The number of nitrogen functional groups attached to an aromatic ring is 1. The fourth-order valence-corrected chi connectivity index (χ4v) is 2.75. The molecule has 0 unspecified atom stereocenters. The van der Waals surface area contributed by atoms with Crippen molar-refractivity contribution in [1.29, 1.82) is 5.26 Å². The second-order valence-electron chi connectivity index (χ2n) is 5.69. The van der Waals surface area contributed by atoms with E-state index in [-0.39, 0.29) is 29.2 Å². The molecule has 0 bridgehead atoms. The van der Waals surface area contributed by atoms with Gasteiger partial charge in [-0.25, -0.2) is 17.9 Å². The topological polar surface area (TPSA) is 134 Å². The number of ether oxygens (including phenoxy) is 1. The average molecular weight is 340 g/mol. The van der Waals surface area contributed by atoms with Gasteiger partial charge in [0.1, 0.15) is 10.5 Å². The van der Waals surface area contributed by atoms with Gasteiger partial charge in [0, 0.05) is 13.1 Å². The Kier molecular flexibility index (Phi) is 5.95. The van der Waals surface area contributed by atoms with E-state index in [0.29, 0.717) is 0 Å². The van der Waals surface area contributed by atoms with Crippen molar-refractivity contribution >= 4 is 21.8 Å². The van der Waals surface area contributed by atoms with Gasteiger partial charge in [-0.1, -0.05) is 0 Å². The Morgan fingerprint density at radius 3 is 2.52 bits per heavy atom. The number of nitrogens with one attached hydrogen (secondary N) is 2. The molecular weight excluding hydrogens is 320 g/mol. The van der Waals surface area contributed by atoms with Gasteiger partial charge in [-0.05, 0) is 39.0 Å². The minimum Gasteiger partial charge on any atom is -0.444 e. The second-order valence-corrected chi connectivity index (χ2v) is 7.43. The van der Waals surface area contributed by atoms with E-state index in [4.69, 9.17) is 15.7 Å². The molecule has 1 aromatic carbocycles. The molecule has 0 atom stereocenters. The molecule has 0 saturated carbocycles. The first kappa shape index (κ1) is 18.7. The first-order chi connectivity index (χ1) is 10.5. The number of rotatable bonds is 5. The molecule has 0 spiro atoms. The largest absolute Gasteiger partial charge is 0.444 e. The molecule has 0 aromatic heterocycles. The molecule has 0 fully saturated rings. The molecule has 0 heterocycles. The molecular formula is C14H20N4O4S.